The van der Waals surface area contributed by atoms with Crippen LogP contribution in [-0.4, -0.2) is 171 Å². The second-order valence-electron chi connectivity index (χ2n) is 18.2. The predicted molar refractivity (Wildman–Crippen MR) is 245 cm³/mol. The van der Waals surface area contributed by atoms with Crippen LogP contribution in [0.5, 0.6) is 0 Å². The normalized spacial score (nSPS) is 33.4. The first kappa shape index (κ1) is 56.3. The predicted octanol–water partition coefficient (Wildman–Crippen LogP) is 7.15. The summed E-state index contributed by atoms with van der Waals surface area (Å²) >= 11 is 0.250. The minimum atomic E-state index is -1.28. The number of fused-ring (bicyclic) bond motifs is 1. The second-order valence-corrected chi connectivity index (χ2v) is 18.5. The SMILES string of the molecule is CC[C@H]1OC(=O)[C@H](C)C(OC(=O)Cc2cccnc2)C[C@@H](O[C@@H]2OC(C)CC(N(C)C)C2OC(=O)OC)[C@](C)(OC)C[C@@H](C)CN(C)[C@H](C)[C@H]2N(CCCCN=[N+]=[N-])C(=O)O[C@]12C.CSF. The van der Waals surface area contributed by atoms with E-state index in [1.54, 1.807) is 43.5 Å². The van der Waals surface area contributed by atoms with Crippen molar-refractivity contribution in [3.63, 3.8) is 0 Å². The minimum absolute atomic E-state index is 0.0561. The molecule has 19 nitrogen and oxygen atoms in total. The Morgan fingerprint density at radius 2 is 1.82 bits per heavy atom. The maximum absolute atomic E-state index is 14.6. The van der Waals surface area contributed by atoms with Gasteiger partial charge < -0.3 is 47.7 Å². The number of azide groups is 1. The Morgan fingerprint density at radius 1 is 1.12 bits per heavy atom. The van der Waals surface area contributed by atoms with E-state index in [2.05, 4.69) is 26.8 Å². The maximum Gasteiger partial charge on any atom is 0.508 e. The molecule has 3 saturated heterocycles. The third-order valence-corrected chi connectivity index (χ3v) is 13.0. The number of unbranched alkanes of at least 4 members (excludes halogenated alkanes) is 1. The highest BCUT2D eigenvalue weighted by atomic mass is 32.2. The first-order valence-corrected chi connectivity index (χ1v) is 23.8. The van der Waals surface area contributed by atoms with Crippen molar-refractivity contribution in [3.05, 3.63) is 40.5 Å². The Labute approximate surface area is 394 Å². The van der Waals surface area contributed by atoms with E-state index in [1.165, 1.54) is 13.4 Å². The average molecular weight is 956 g/mol. The molecular formula is C45H74FN7O12S. The number of esters is 2. The van der Waals surface area contributed by atoms with Gasteiger partial charge >= 0.3 is 24.2 Å². The Bertz CT molecular complexity index is 1750. The molecular weight excluding hydrogens is 882 g/mol. The van der Waals surface area contributed by atoms with Gasteiger partial charge in [-0.25, -0.2) is 9.59 Å². The Morgan fingerprint density at radius 3 is 2.41 bits per heavy atom. The lowest BCUT2D eigenvalue weighted by Gasteiger charge is -2.47. The van der Waals surface area contributed by atoms with Gasteiger partial charge in [0, 0.05) is 74.9 Å². The van der Waals surface area contributed by atoms with E-state index in [0.717, 1.165) is 0 Å². The van der Waals surface area contributed by atoms with Gasteiger partial charge in [-0.2, -0.15) is 3.89 Å². The van der Waals surface area contributed by atoms with Gasteiger partial charge in [-0.05, 0) is 111 Å². The molecule has 66 heavy (non-hydrogen) atoms. The number of methoxy groups -OCH3 is 2. The zero-order valence-electron chi connectivity index (χ0n) is 41.0. The van der Waals surface area contributed by atoms with E-state index in [9.17, 15) is 23.1 Å². The monoisotopic (exact) mass is 956 g/mol. The van der Waals surface area contributed by atoms with Crippen LogP contribution in [0.25, 0.3) is 10.4 Å². The summed E-state index contributed by atoms with van der Waals surface area (Å²) in [6, 6.07) is 2.30. The number of cyclic esters (lactones) is 1. The molecule has 0 aliphatic carbocycles. The van der Waals surface area contributed by atoms with Crippen molar-refractivity contribution >= 4 is 36.3 Å². The van der Waals surface area contributed by atoms with Gasteiger partial charge in [0.15, 0.2) is 18.0 Å². The molecule has 3 aliphatic rings. The molecule has 0 radical (unpaired) electrons. The molecule has 4 heterocycles. The standard InChI is InChI=1S/C44H71N7O12.CH3FS/c1-13-34-44(7)38(51(41(54)63-44)20-15-14-19-47-48-45)30(5)50(10)26-27(2)24-43(6,57-12)35(61-40-37(62-42(55)56-11)32(49(8)9)21-28(3)58-40)23-33(29(4)39(53)60-34)59-36(52)22-31-17-16-18-46-25-31;1-3-2/h16-18,25,27-30,32-35,37-38,40H,13-15,19-24,26H2,1-12H3;1H3/t27-,28?,29-,30-,32?,33?,34-,35-,37?,38-,40+,43-,44-;/m1./s1. The van der Waals surface area contributed by atoms with Crippen LogP contribution >= 0.6 is 12.1 Å². The van der Waals surface area contributed by atoms with Crippen LogP contribution in [0.15, 0.2) is 29.6 Å². The first-order valence-electron chi connectivity index (χ1n) is 22.6. The van der Waals surface area contributed by atoms with Crippen molar-refractivity contribution in [2.45, 2.75) is 160 Å². The number of hydrogen-bond donors (Lipinski definition) is 0. The van der Waals surface area contributed by atoms with E-state index in [1.807, 2.05) is 60.7 Å². The molecule has 0 bridgehead atoms. The van der Waals surface area contributed by atoms with Gasteiger partial charge in [0.05, 0.1) is 49.3 Å². The van der Waals surface area contributed by atoms with E-state index in [-0.39, 0.29) is 49.1 Å². The van der Waals surface area contributed by atoms with Gasteiger partial charge in [0.25, 0.3) is 0 Å². The van der Waals surface area contributed by atoms with Crippen LogP contribution in [0.2, 0.25) is 0 Å². The Kier molecular flexibility index (Phi) is 22.7. The number of rotatable bonds is 14. The molecule has 13 atom stereocenters. The molecule has 21 heteroatoms. The molecule has 0 N–H and O–H groups in total. The molecule has 0 spiro atoms. The van der Waals surface area contributed by atoms with Crippen LogP contribution in [-0.2, 0) is 53.9 Å². The molecule has 3 fully saturated rings. The molecule has 1 amide bonds. The van der Waals surface area contributed by atoms with Crippen molar-refractivity contribution in [2.24, 2.45) is 17.0 Å². The number of amides is 1. The van der Waals surface area contributed by atoms with Gasteiger partial charge in [0.1, 0.15) is 12.2 Å². The van der Waals surface area contributed by atoms with E-state index >= 15 is 0 Å². The highest BCUT2D eigenvalue weighted by molar-refractivity contribution is 7.93. The zero-order chi connectivity index (χ0) is 49.4. The summed E-state index contributed by atoms with van der Waals surface area (Å²) in [5, 5.41) is 3.65. The van der Waals surface area contributed by atoms with Crippen molar-refractivity contribution < 1.29 is 61.0 Å². The first-order chi connectivity index (χ1) is 31.2. The van der Waals surface area contributed by atoms with Crippen LogP contribution < -0.4 is 0 Å². The highest BCUT2D eigenvalue weighted by Crippen LogP contribution is 2.41. The molecule has 0 saturated carbocycles. The number of halogens is 1. The van der Waals surface area contributed by atoms with Gasteiger partial charge in [-0.1, -0.05) is 25.0 Å². The summed E-state index contributed by atoms with van der Waals surface area (Å²) in [7, 11) is 8.56. The largest absolute Gasteiger partial charge is 0.508 e. The summed E-state index contributed by atoms with van der Waals surface area (Å²) in [4.78, 5) is 67.8. The highest BCUT2D eigenvalue weighted by Gasteiger charge is 2.59. The van der Waals surface area contributed by atoms with Crippen LogP contribution in [0.1, 0.15) is 92.6 Å². The third-order valence-electron chi connectivity index (χ3n) is 13.0. The molecule has 4 unspecified atom stereocenters. The smallest absolute Gasteiger partial charge is 0.461 e. The van der Waals surface area contributed by atoms with Crippen molar-refractivity contribution in [1.29, 1.82) is 0 Å². The minimum Gasteiger partial charge on any atom is -0.461 e. The summed E-state index contributed by atoms with van der Waals surface area (Å²) in [5.41, 5.74) is 7.02. The second kappa shape index (κ2) is 26.5. The molecule has 1 aromatic heterocycles. The van der Waals surface area contributed by atoms with Crippen LogP contribution in [0, 0.1) is 11.8 Å². The fraction of sp³-hybridized carbons (Fsp3) is 0.800. The average Bonchev–Trinajstić information content (AvgIpc) is 3.53. The summed E-state index contributed by atoms with van der Waals surface area (Å²) < 4.78 is 59.7. The van der Waals surface area contributed by atoms with E-state index in [0.29, 0.717) is 57.3 Å². The number of likely N-dealkylation sites (N-methyl/N-ethyl adjacent to an activating group) is 2. The van der Waals surface area contributed by atoms with Crippen LogP contribution in [0.4, 0.5) is 13.5 Å². The molecule has 0 aromatic carbocycles. The Balaban J connectivity index is 0.00000375. The molecule has 1 aromatic rings. The lowest BCUT2D eigenvalue weighted by molar-refractivity contribution is -0.294. The number of nitrogens with zero attached hydrogens (tertiary/aromatic N) is 7. The van der Waals surface area contributed by atoms with Gasteiger partial charge in [-0.3, -0.25) is 19.5 Å². The maximum atomic E-state index is 14.6. The Hall–Kier alpha value is -3.98. The third kappa shape index (κ3) is 15.0. The number of ether oxygens (including phenoxy) is 8. The van der Waals surface area contributed by atoms with E-state index in [4.69, 9.17) is 43.4 Å². The summed E-state index contributed by atoms with van der Waals surface area (Å²) in [6.07, 6.45) is 0.0196. The topological polar surface area (TPSA) is 213 Å². The van der Waals surface area contributed by atoms with E-state index < -0.39 is 78.1 Å². The molecule has 4 rings (SSSR count). The van der Waals surface area contributed by atoms with Gasteiger partial charge in [0.2, 0.25) is 0 Å². The quantitative estimate of drug-likeness (QED) is 0.0452. The summed E-state index contributed by atoms with van der Waals surface area (Å²) in [5.74, 6) is -2.40. The van der Waals surface area contributed by atoms with Crippen molar-refractivity contribution in [1.82, 2.24) is 19.7 Å². The number of carbonyl (C=O) groups excluding carboxylic acids is 4. The number of aromatic nitrogens is 1. The zero-order valence-corrected chi connectivity index (χ0v) is 41.9. The molecule has 374 valence electrons. The van der Waals surface area contributed by atoms with Gasteiger partial charge in [-0.15, -0.1) is 0 Å². The fourth-order valence-corrected chi connectivity index (χ4v) is 9.45. The lowest BCUT2D eigenvalue weighted by Crippen LogP contribution is -2.61. The molecule has 3 aliphatic heterocycles. The van der Waals surface area contributed by atoms with Crippen LogP contribution in [0.3, 0.4) is 0 Å². The summed E-state index contributed by atoms with van der Waals surface area (Å²) in [6.45, 7) is 14.4. The van der Waals surface area contributed by atoms with Crippen molar-refractivity contribution in [2.75, 3.05) is 61.3 Å². The number of pyridine rings is 1. The number of carbonyl (C=O) groups is 4. The number of hydrogen-bond acceptors (Lipinski definition) is 17. The fourth-order valence-electron chi connectivity index (χ4n) is 9.45. The van der Waals surface area contributed by atoms with Crippen molar-refractivity contribution in [3.8, 4) is 0 Å². The lowest BCUT2D eigenvalue weighted by atomic mass is 9.82.